The number of carboxylic acid groups (broad SMARTS) is 1. The molecule has 0 bridgehead atoms. The number of carboxylic acids is 1. The molecular weight excluding hydrogens is 377 g/mol. The van der Waals surface area contributed by atoms with Crippen molar-refractivity contribution in [2.45, 2.75) is 0 Å². The maximum absolute atomic E-state index is 10.8. The van der Waals surface area contributed by atoms with Crippen LogP contribution in [0.25, 0.3) is 11.3 Å². The van der Waals surface area contributed by atoms with Crippen LogP contribution in [-0.2, 0) is 4.79 Å². The minimum absolute atomic E-state index is 0.169. The Hall–Kier alpha value is -2.90. The van der Waals surface area contributed by atoms with Crippen molar-refractivity contribution in [2.24, 2.45) is 0 Å². The van der Waals surface area contributed by atoms with E-state index in [9.17, 15) is 4.79 Å². The zero-order chi connectivity index (χ0) is 18.5. The molecule has 0 radical (unpaired) electrons. The average Bonchev–Trinajstić information content (AvgIpc) is 2.64. The van der Waals surface area contributed by atoms with Gasteiger partial charge < -0.3 is 15.7 Å². The second kappa shape index (κ2) is 7.99. The Morgan fingerprint density at radius 1 is 1.12 bits per heavy atom. The van der Waals surface area contributed by atoms with Gasteiger partial charge in [0, 0.05) is 24.0 Å². The second-order valence-electron chi connectivity index (χ2n) is 5.17. The normalized spacial score (nSPS) is 10.4. The number of halogens is 2. The van der Waals surface area contributed by atoms with Gasteiger partial charge in [-0.2, -0.15) is 4.98 Å². The maximum Gasteiger partial charge on any atom is 0.322 e. The third-order valence-electron chi connectivity index (χ3n) is 3.31. The predicted octanol–water partition coefficient (Wildman–Crippen LogP) is 4.09. The van der Waals surface area contributed by atoms with Crippen LogP contribution in [0.1, 0.15) is 0 Å². The molecule has 7 nitrogen and oxygen atoms in total. The molecule has 0 unspecified atom stereocenters. The molecule has 2 heterocycles. The lowest BCUT2D eigenvalue weighted by Crippen LogP contribution is -2.15. The fourth-order valence-electron chi connectivity index (χ4n) is 2.15. The maximum atomic E-state index is 10.8. The van der Waals surface area contributed by atoms with Crippen LogP contribution in [-0.4, -0.2) is 32.6 Å². The third kappa shape index (κ3) is 4.38. The number of aromatic nitrogens is 3. The zero-order valence-corrected chi connectivity index (χ0v) is 14.8. The van der Waals surface area contributed by atoms with Crippen molar-refractivity contribution in [1.29, 1.82) is 0 Å². The minimum Gasteiger partial charge on any atom is -0.480 e. The Kier molecular flexibility index (Phi) is 5.50. The summed E-state index contributed by atoms with van der Waals surface area (Å²) < 4.78 is 0. The van der Waals surface area contributed by atoms with Gasteiger partial charge in [0.05, 0.1) is 21.4 Å². The van der Waals surface area contributed by atoms with Crippen LogP contribution in [0.2, 0.25) is 10.0 Å². The molecule has 0 atom stereocenters. The van der Waals surface area contributed by atoms with Crippen LogP contribution in [0, 0.1) is 0 Å². The average molecular weight is 390 g/mol. The predicted molar refractivity (Wildman–Crippen MR) is 101 cm³/mol. The highest BCUT2D eigenvalue weighted by molar-refractivity contribution is 6.43. The molecule has 0 aliphatic heterocycles. The number of pyridine rings is 1. The first-order valence-electron chi connectivity index (χ1n) is 7.49. The topological polar surface area (TPSA) is 100 Å². The molecule has 1 aromatic carbocycles. The minimum atomic E-state index is -1.02. The molecule has 3 rings (SSSR count). The molecule has 9 heteroatoms. The van der Waals surface area contributed by atoms with Gasteiger partial charge in [-0.25, -0.2) is 4.98 Å². The van der Waals surface area contributed by atoms with Crippen LogP contribution < -0.4 is 10.6 Å². The van der Waals surface area contributed by atoms with Gasteiger partial charge in [-0.3, -0.25) is 9.78 Å². The van der Waals surface area contributed by atoms with Gasteiger partial charge in [0.1, 0.15) is 12.4 Å². The fourth-order valence-corrected chi connectivity index (χ4v) is 2.50. The molecule has 2 aromatic heterocycles. The van der Waals surface area contributed by atoms with Crippen molar-refractivity contribution in [1.82, 2.24) is 15.0 Å². The van der Waals surface area contributed by atoms with Crippen LogP contribution in [0.4, 0.5) is 17.5 Å². The van der Waals surface area contributed by atoms with Crippen LogP contribution in [0.3, 0.4) is 0 Å². The van der Waals surface area contributed by atoms with Gasteiger partial charge >= 0.3 is 5.97 Å². The number of rotatable bonds is 6. The van der Waals surface area contributed by atoms with Crippen LogP contribution >= 0.6 is 23.2 Å². The van der Waals surface area contributed by atoms with Gasteiger partial charge in [0.25, 0.3) is 0 Å². The summed E-state index contributed by atoms with van der Waals surface area (Å²) in [5, 5.41) is 15.4. The first-order chi connectivity index (χ1) is 12.5. The van der Waals surface area contributed by atoms with E-state index in [2.05, 4.69) is 25.6 Å². The summed E-state index contributed by atoms with van der Waals surface area (Å²) in [6.07, 6.45) is 3.28. The number of hydrogen-bond acceptors (Lipinski definition) is 6. The van der Waals surface area contributed by atoms with Crippen molar-refractivity contribution in [3.63, 3.8) is 0 Å². The Labute approximate surface area is 159 Å². The first kappa shape index (κ1) is 17.9. The summed E-state index contributed by atoms with van der Waals surface area (Å²) in [6.45, 7) is -0.308. The van der Waals surface area contributed by atoms with Crippen molar-refractivity contribution in [3.8, 4) is 11.3 Å². The summed E-state index contributed by atoms with van der Waals surface area (Å²) in [7, 11) is 0. The molecule has 0 aliphatic rings. The number of benzene rings is 1. The second-order valence-corrected chi connectivity index (χ2v) is 5.96. The number of carbonyl (C=O) groups is 1. The van der Waals surface area contributed by atoms with Crippen LogP contribution in [0.5, 0.6) is 0 Å². The van der Waals surface area contributed by atoms with Crippen molar-refractivity contribution in [2.75, 3.05) is 17.2 Å². The molecule has 0 spiro atoms. The fraction of sp³-hybridized carbons (Fsp3) is 0.0588. The summed E-state index contributed by atoms with van der Waals surface area (Å²) in [4.78, 5) is 23.4. The van der Waals surface area contributed by atoms with Crippen LogP contribution in [0.15, 0.2) is 48.8 Å². The molecule has 0 fully saturated rings. The standard InChI is InChI=1S/C17H13Cl2N5O2/c18-11-2-1-3-12(16(11)19)22-14-8-13(10-4-6-20-7-5-10)23-17(24-14)21-9-15(25)26/h1-8H,9H2,(H,25,26)(H2,21,22,23,24). The Morgan fingerprint density at radius 3 is 2.62 bits per heavy atom. The highest BCUT2D eigenvalue weighted by Gasteiger charge is 2.10. The molecular formula is C17H13Cl2N5O2. The highest BCUT2D eigenvalue weighted by Crippen LogP contribution is 2.32. The van der Waals surface area contributed by atoms with Crippen molar-refractivity contribution >= 4 is 46.6 Å². The number of hydrogen-bond donors (Lipinski definition) is 3. The quantitative estimate of drug-likeness (QED) is 0.583. The third-order valence-corrected chi connectivity index (χ3v) is 4.13. The number of nitrogens with zero attached hydrogens (tertiary/aromatic N) is 3. The van der Waals surface area contributed by atoms with E-state index in [-0.39, 0.29) is 12.5 Å². The van der Waals surface area contributed by atoms with E-state index in [0.717, 1.165) is 5.56 Å². The van der Waals surface area contributed by atoms with Gasteiger partial charge in [-0.15, -0.1) is 0 Å². The van der Waals surface area contributed by atoms with Crippen molar-refractivity contribution < 1.29 is 9.90 Å². The number of nitrogens with one attached hydrogen (secondary N) is 2. The van der Waals surface area contributed by atoms with Gasteiger partial charge in [-0.1, -0.05) is 29.3 Å². The first-order valence-corrected chi connectivity index (χ1v) is 8.24. The number of anilines is 3. The SMILES string of the molecule is O=C(O)CNc1nc(Nc2cccc(Cl)c2Cl)cc(-c2ccncc2)n1. The molecule has 0 amide bonds. The van der Waals surface area contributed by atoms with E-state index in [4.69, 9.17) is 28.3 Å². The summed E-state index contributed by atoms with van der Waals surface area (Å²) in [5.74, 6) is -0.415. The van der Waals surface area contributed by atoms with Gasteiger partial charge in [0.2, 0.25) is 5.95 Å². The molecule has 0 saturated carbocycles. The molecule has 132 valence electrons. The number of aliphatic carboxylic acids is 1. The van der Waals surface area contributed by atoms with E-state index in [0.29, 0.717) is 27.2 Å². The Morgan fingerprint density at radius 2 is 1.88 bits per heavy atom. The van der Waals surface area contributed by atoms with E-state index in [1.165, 1.54) is 0 Å². The smallest absolute Gasteiger partial charge is 0.322 e. The molecule has 0 saturated heterocycles. The van der Waals surface area contributed by atoms with E-state index in [1.54, 1.807) is 48.8 Å². The van der Waals surface area contributed by atoms with Crippen molar-refractivity contribution in [3.05, 3.63) is 58.8 Å². The Bertz CT molecular complexity index is 938. The molecule has 26 heavy (non-hydrogen) atoms. The lowest BCUT2D eigenvalue weighted by atomic mass is 10.2. The molecule has 3 aromatic rings. The monoisotopic (exact) mass is 389 g/mol. The van der Waals surface area contributed by atoms with Gasteiger partial charge in [0.15, 0.2) is 0 Å². The van der Waals surface area contributed by atoms with E-state index < -0.39 is 5.97 Å². The van der Waals surface area contributed by atoms with E-state index in [1.807, 2.05) is 0 Å². The summed E-state index contributed by atoms with van der Waals surface area (Å²) >= 11 is 12.2. The summed E-state index contributed by atoms with van der Waals surface area (Å²) in [6, 6.07) is 10.5. The lowest BCUT2D eigenvalue weighted by molar-refractivity contribution is -0.134. The highest BCUT2D eigenvalue weighted by atomic mass is 35.5. The molecule has 3 N–H and O–H groups in total. The van der Waals surface area contributed by atoms with Gasteiger partial charge in [-0.05, 0) is 24.3 Å². The largest absolute Gasteiger partial charge is 0.480 e. The lowest BCUT2D eigenvalue weighted by Gasteiger charge is -2.12. The zero-order valence-electron chi connectivity index (χ0n) is 13.3. The molecule has 0 aliphatic carbocycles. The summed E-state index contributed by atoms with van der Waals surface area (Å²) in [5.41, 5.74) is 1.97. The Balaban J connectivity index is 1.99. The van der Waals surface area contributed by atoms with E-state index >= 15 is 0 Å².